The van der Waals surface area contributed by atoms with Crippen molar-refractivity contribution in [1.82, 2.24) is 5.32 Å². The second-order valence-electron chi connectivity index (χ2n) is 8.05. The number of hydrogen-bond donors (Lipinski definition) is 1. The lowest BCUT2D eigenvalue weighted by atomic mass is 9.91. The Morgan fingerprint density at radius 3 is 2.10 bits per heavy atom. The lowest BCUT2D eigenvalue weighted by Gasteiger charge is -2.23. The van der Waals surface area contributed by atoms with Crippen LogP contribution >= 0.6 is 0 Å². The third-order valence-electron chi connectivity index (χ3n) is 5.92. The van der Waals surface area contributed by atoms with Crippen LogP contribution in [0.3, 0.4) is 0 Å². The molecule has 2 atom stereocenters. The summed E-state index contributed by atoms with van der Waals surface area (Å²) in [4.78, 5) is 0. The lowest BCUT2D eigenvalue weighted by Crippen LogP contribution is -2.34. The zero-order valence-electron chi connectivity index (χ0n) is 18.4. The summed E-state index contributed by atoms with van der Waals surface area (Å²) in [6, 6.07) is 30.8. The van der Waals surface area contributed by atoms with E-state index in [1.54, 1.807) is 7.11 Å². The largest absolute Gasteiger partial charge is 0.497 e. The van der Waals surface area contributed by atoms with Gasteiger partial charge in [0.05, 0.1) is 7.11 Å². The standard InChI is InChI=1S/C28H35NO/c1-3-27(21-24-17-19-28(30-2)20-18-24)29-22-26(25-14-8-5-9-15-25)16-10-13-23-11-6-4-7-12-23/h4-9,11-12,14-15,17-20,26-27,29H,3,10,13,16,21-22H2,1-2H3. The molecule has 158 valence electrons. The van der Waals surface area contributed by atoms with Crippen molar-refractivity contribution in [2.45, 2.75) is 51.0 Å². The number of rotatable bonds is 12. The molecule has 30 heavy (non-hydrogen) atoms. The van der Waals surface area contributed by atoms with Crippen molar-refractivity contribution >= 4 is 0 Å². The van der Waals surface area contributed by atoms with Crippen LogP contribution in [0, 0.1) is 0 Å². The van der Waals surface area contributed by atoms with E-state index in [0.29, 0.717) is 12.0 Å². The van der Waals surface area contributed by atoms with Gasteiger partial charge >= 0.3 is 0 Å². The van der Waals surface area contributed by atoms with Crippen LogP contribution in [0.2, 0.25) is 0 Å². The fraction of sp³-hybridized carbons (Fsp3) is 0.357. The Balaban J connectivity index is 1.57. The van der Waals surface area contributed by atoms with Crippen LogP contribution in [0.25, 0.3) is 0 Å². The van der Waals surface area contributed by atoms with Gasteiger partial charge in [0.2, 0.25) is 0 Å². The molecule has 0 heterocycles. The Labute approximate surface area is 182 Å². The lowest BCUT2D eigenvalue weighted by molar-refractivity contribution is 0.414. The summed E-state index contributed by atoms with van der Waals surface area (Å²) in [5, 5.41) is 3.86. The molecule has 2 nitrogen and oxygen atoms in total. The second-order valence-corrected chi connectivity index (χ2v) is 8.05. The average Bonchev–Trinajstić information content (AvgIpc) is 2.82. The summed E-state index contributed by atoms with van der Waals surface area (Å²) in [5.74, 6) is 1.46. The van der Waals surface area contributed by atoms with E-state index in [4.69, 9.17) is 4.74 Å². The van der Waals surface area contributed by atoms with Gasteiger partial charge in [-0.15, -0.1) is 0 Å². The fourth-order valence-electron chi connectivity index (χ4n) is 4.02. The van der Waals surface area contributed by atoms with E-state index >= 15 is 0 Å². The van der Waals surface area contributed by atoms with Crippen molar-refractivity contribution < 1.29 is 4.74 Å². The van der Waals surface area contributed by atoms with Gasteiger partial charge in [0, 0.05) is 12.6 Å². The maximum Gasteiger partial charge on any atom is 0.118 e. The number of ether oxygens (including phenoxy) is 1. The molecule has 3 rings (SSSR count). The summed E-state index contributed by atoms with van der Waals surface area (Å²) >= 11 is 0. The fourth-order valence-corrected chi connectivity index (χ4v) is 4.02. The molecule has 0 amide bonds. The van der Waals surface area contributed by atoms with Gasteiger partial charge in [0.25, 0.3) is 0 Å². The molecule has 0 aromatic heterocycles. The zero-order valence-corrected chi connectivity index (χ0v) is 18.4. The molecule has 0 radical (unpaired) electrons. The monoisotopic (exact) mass is 401 g/mol. The van der Waals surface area contributed by atoms with Gasteiger partial charge in [-0.25, -0.2) is 0 Å². The van der Waals surface area contributed by atoms with E-state index in [-0.39, 0.29) is 0 Å². The van der Waals surface area contributed by atoms with Crippen LogP contribution in [0.5, 0.6) is 5.75 Å². The molecule has 0 saturated heterocycles. The van der Waals surface area contributed by atoms with Gasteiger partial charge in [-0.05, 0) is 66.8 Å². The summed E-state index contributed by atoms with van der Waals surface area (Å²) in [6.45, 7) is 3.29. The number of methoxy groups -OCH3 is 1. The first-order valence-corrected chi connectivity index (χ1v) is 11.2. The van der Waals surface area contributed by atoms with Gasteiger partial charge in [-0.2, -0.15) is 0 Å². The highest BCUT2D eigenvalue weighted by molar-refractivity contribution is 5.27. The van der Waals surface area contributed by atoms with Crippen molar-refractivity contribution in [2.24, 2.45) is 0 Å². The highest BCUT2D eigenvalue weighted by atomic mass is 16.5. The molecule has 0 saturated carbocycles. The first-order valence-electron chi connectivity index (χ1n) is 11.2. The summed E-state index contributed by atoms with van der Waals surface area (Å²) < 4.78 is 5.28. The Morgan fingerprint density at radius 2 is 1.47 bits per heavy atom. The molecular weight excluding hydrogens is 366 g/mol. The van der Waals surface area contributed by atoms with E-state index in [9.17, 15) is 0 Å². The predicted octanol–water partition coefficient (Wildman–Crippen LogP) is 6.41. The van der Waals surface area contributed by atoms with E-state index in [1.807, 2.05) is 0 Å². The van der Waals surface area contributed by atoms with Crippen molar-refractivity contribution in [1.29, 1.82) is 0 Å². The maximum atomic E-state index is 5.28. The van der Waals surface area contributed by atoms with Crippen LogP contribution < -0.4 is 10.1 Å². The van der Waals surface area contributed by atoms with E-state index < -0.39 is 0 Å². The average molecular weight is 402 g/mol. The first-order chi connectivity index (χ1) is 14.8. The van der Waals surface area contributed by atoms with E-state index in [2.05, 4.69) is 97.2 Å². The maximum absolute atomic E-state index is 5.28. The van der Waals surface area contributed by atoms with Gasteiger partial charge < -0.3 is 10.1 Å². The number of hydrogen-bond acceptors (Lipinski definition) is 2. The van der Waals surface area contributed by atoms with Crippen molar-refractivity contribution in [2.75, 3.05) is 13.7 Å². The molecular formula is C28H35NO. The molecule has 2 heteroatoms. The summed E-state index contributed by atoms with van der Waals surface area (Å²) in [5.41, 5.74) is 4.23. The molecule has 0 bridgehead atoms. The summed E-state index contributed by atoms with van der Waals surface area (Å²) in [7, 11) is 1.72. The molecule has 1 N–H and O–H groups in total. The SMILES string of the molecule is CCC(Cc1ccc(OC)cc1)NCC(CCCc1ccccc1)c1ccccc1. The normalized spacial score (nSPS) is 13.0. The molecule has 0 aliphatic rings. The first kappa shape index (κ1) is 22.1. The van der Waals surface area contributed by atoms with Crippen molar-refractivity contribution in [3.8, 4) is 5.75 Å². The van der Waals surface area contributed by atoms with Crippen LogP contribution in [0.15, 0.2) is 84.9 Å². The molecule has 2 unspecified atom stereocenters. The molecule has 3 aromatic carbocycles. The Bertz CT molecular complexity index is 830. The number of nitrogens with one attached hydrogen (secondary N) is 1. The van der Waals surface area contributed by atoms with Crippen LogP contribution in [-0.4, -0.2) is 19.7 Å². The predicted molar refractivity (Wildman–Crippen MR) is 127 cm³/mol. The summed E-state index contributed by atoms with van der Waals surface area (Å²) in [6.07, 6.45) is 5.72. The second kappa shape index (κ2) is 12.2. The third-order valence-corrected chi connectivity index (χ3v) is 5.92. The van der Waals surface area contributed by atoms with Crippen LogP contribution in [-0.2, 0) is 12.8 Å². The topological polar surface area (TPSA) is 21.3 Å². The minimum absolute atomic E-state index is 0.485. The highest BCUT2D eigenvalue weighted by Gasteiger charge is 2.14. The highest BCUT2D eigenvalue weighted by Crippen LogP contribution is 2.22. The third kappa shape index (κ3) is 7.03. The van der Waals surface area contributed by atoms with E-state index in [1.165, 1.54) is 29.5 Å². The van der Waals surface area contributed by atoms with Crippen LogP contribution in [0.1, 0.15) is 48.8 Å². The minimum Gasteiger partial charge on any atom is -0.497 e. The quantitative estimate of drug-likeness (QED) is 0.378. The number of aryl methyl sites for hydroxylation is 1. The molecule has 0 aliphatic heterocycles. The van der Waals surface area contributed by atoms with Gasteiger partial charge in [0.15, 0.2) is 0 Å². The van der Waals surface area contributed by atoms with Crippen molar-refractivity contribution in [3.63, 3.8) is 0 Å². The zero-order chi connectivity index (χ0) is 21.0. The minimum atomic E-state index is 0.485. The van der Waals surface area contributed by atoms with Crippen LogP contribution in [0.4, 0.5) is 0 Å². The van der Waals surface area contributed by atoms with Gasteiger partial charge in [0.1, 0.15) is 5.75 Å². The Kier molecular flexibility index (Phi) is 8.99. The van der Waals surface area contributed by atoms with Gasteiger partial charge in [-0.1, -0.05) is 79.7 Å². The Morgan fingerprint density at radius 1 is 0.800 bits per heavy atom. The number of benzene rings is 3. The molecule has 0 spiro atoms. The van der Waals surface area contributed by atoms with Crippen molar-refractivity contribution in [3.05, 3.63) is 102 Å². The Hall–Kier alpha value is -2.58. The smallest absolute Gasteiger partial charge is 0.118 e. The molecule has 3 aromatic rings. The molecule has 0 aliphatic carbocycles. The van der Waals surface area contributed by atoms with E-state index in [0.717, 1.165) is 31.6 Å². The molecule has 0 fully saturated rings. The van der Waals surface area contributed by atoms with Gasteiger partial charge in [-0.3, -0.25) is 0 Å².